The van der Waals surface area contributed by atoms with Crippen molar-refractivity contribution in [1.82, 2.24) is 20.1 Å². The molecule has 0 saturated carbocycles. The number of rotatable bonds is 19. The molecule has 1 aromatic rings. The van der Waals surface area contributed by atoms with Gasteiger partial charge in [0.25, 0.3) is 0 Å². The SMILES string of the molecule is CCO[Si](CCCSc1nc(CC)n(C(=O)NCCC[Si](OC)(OC)OC)n1)(OCC)OCC. The first-order valence-corrected chi connectivity index (χ1v) is 16.7. The molecule has 0 unspecified atom stereocenters. The second kappa shape index (κ2) is 16.8. The van der Waals surface area contributed by atoms with Gasteiger partial charge in [0.05, 0.1) is 0 Å². The van der Waals surface area contributed by atoms with Gasteiger partial charge >= 0.3 is 23.6 Å². The normalized spacial score (nSPS) is 12.3. The van der Waals surface area contributed by atoms with E-state index in [1.165, 1.54) is 16.4 Å². The van der Waals surface area contributed by atoms with Crippen LogP contribution in [0.15, 0.2) is 5.16 Å². The van der Waals surface area contributed by atoms with Crippen LogP contribution in [0.2, 0.25) is 12.1 Å². The number of thioether (sulfide) groups is 1. The maximum atomic E-state index is 12.7. The number of amides is 1. The van der Waals surface area contributed by atoms with Gasteiger partial charge in [0.2, 0.25) is 5.16 Å². The van der Waals surface area contributed by atoms with Gasteiger partial charge in [-0.3, -0.25) is 0 Å². The van der Waals surface area contributed by atoms with E-state index in [0.29, 0.717) is 56.2 Å². The Hall–Kier alpha value is -0.846. The first kappa shape index (κ1) is 31.2. The summed E-state index contributed by atoms with van der Waals surface area (Å²) in [5, 5.41) is 7.87. The van der Waals surface area contributed by atoms with E-state index in [2.05, 4.69) is 15.4 Å². The summed E-state index contributed by atoms with van der Waals surface area (Å²) in [6.45, 7) is 9.94. The van der Waals surface area contributed by atoms with Gasteiger partial charge in [-0.25, -0.2) is 9.78 Å². The molecule has 1 aromatic heterocycles. The van der Waals surface area contributed by atoms with E-state index >= 15 is 0 Å². The van der Waals surface area contributed by atoms with Crippen LogP contribution in [0.1, 0.15) is 46.4 Å². The average molecular weight is 539 g/mol. The van der Waals surface area contributed by atoms with Crippen LogP contribution in [-0.2, 0) is 33.0 Å². The number of hydrogen-bond donors (Lipinski definition) is 1. The highest BCUT2D eigenvalue weighted by Crippen LogP contribution is 2.22. The largest absolute Gasteiger partial charge is 0.500 e. The van der Waals surface area contributed by atoms with Crippen molar-refractivity contribution in [2.24, 2.45) is 0 Å². The smallest absolute Gasteiger partial charge is 0.377 e. The molecule has 0 spiro atoms. The molecule has 1 heterocycles. The lowest BCUT2D eigenvalue weighted by molar-refractivity contribution is 0.0712. The minimum atomic E-state index is -2.65. The minimum absolute atomic E-state index is 0.300. The lowest BCUT2D eigenvalue weighted by Crippen LogP contribution is -2.46. The van der Waals surface area contributed by atoms with Crippen LogP contribution in [0.25, 0.3) is 0 Å². The predicted molar refractivity (Wildman–Crippen MR) is 135 cm³/mol. The standard InChI is InChI=1S/C20H42N4O7SSi2/c1-8-18-22-19(32-15-13-17-34(29-9-2,30-10-3)31-11-4)23-24(18)20(25)21-14-12-16-33(26-5,27-6)28-7/h8-17H2,1-7H3,(H,21,25). The molecule has 0 radical (unpaired) electrons. The Morgan fingerprint density at radius 2 is 1.47 bits per heavy atom. The summed E-state index contributed by atoms with van der Waals surface area (Å²) in [5.41, 5.74) is 0. The van der Waals surface area contributed by atoms with Gasteiger partial charge in [0.15, 0.2) is 0 Å². The van der Waals surface area contributed by atoms with E-state index in [1.807, 2.05) is 27.7 Å². The molecule has 14 heteroatoms. The van der Waals surface area contributed by atoms with Crippen molar-refractivity contribution >= 4 is 35.4 Å². The van der Waals surface area contributed by atoms with Gasteiger partial charge in [0.1, 0.15) is 5.82 Å². The molecular formula is C20H42N4O7SSi2. The van der Waals surface area contributed by atoms with Gasteiger partial charge in [-0.2, -0.15) is 4.68 Å². The van der Waals surface area contributed by atoms with Crippen LogP contribution in [0.3, 0.4) is 0 Å². The maximum Gasteiger partial charge on any atom is 0.500 e. The van der Waals surface area contributed by atoms with E-state index in [-0.39, 0.29) is 6.03 Å². The number of carbonyl (C=O) groups excluding carboxylic acids is 1. The summed E-state index contributed by atoms with van der Waals surface area (Å²) in [6.07, 6.45) is 2.10. The van der Waals surface area contributed by atoms with Crippen molar-refractivity contribution in [3.05, 3.63) is 5.82 Å². The number of aromatic nitrogens is 3. The van der Waals surface area contributed by atoms with Crippen LogP contribution in [-0.4, -0.2) is 91.9 Å². The first-order valence-electron chi connectivity index (χ1n) is 11.8. The van der Waals surface area contributed by atoms with Gasteiger partial charge in [-0.1, -0.05) is 18.7 Å². The lowest BCUT2D eigenvalue weighted by Gasteiger charge is -2.28. The molecule has 0 aromatic carbocycles. The summed E-state index contributed by atoms with van der Waals surface area (Å²) in [4.78, 5) is 17.2. The zero-order chi connectivity index (χ0) is 25.5. The fourth-order valence-corrected chi connectivity index (χ4v) is 8.73. The summed E-state index contributed by atoms with van der Waals surface area (Å²) in [6, 6.07) is 1.03. The van der Waals surface area contributed by atoms with Crippen LogP contribution >= 0.6 is 11.8 Å². The van der Waals surface area contributed by atoms with Crippen molar-refractivity contribution in [3.8, 4) is 0 Å². The second-order valence-electron chi connectivity index (χ2n) is 7.14. The molecule has 1 rings (SSSR count). The third kappa shape index (κ3) is 9.66. The molecule has 1 amide bonds. The van der Waals surface area contributed by atoms with Gasteiger partial charge in [-0.15, -0.1) is 5.10 Å². The second-order valence-corrected chi connectivity index (χ2v) is 14.0. The fraction of sp³-hybridized carbons (Fsp3) is 0.850. The highest BCUT2D eigenvalue weighted by Gasteiger charge is 2.39. The van der Waals surface area contributed by atoms with Crippen molar-refractivity contribution < 1.29 is 31.4 Å². The molecule has 198 valence electrons. The molecule has 0 bridgehead atoms. The van der Waals surface area contributed by atoms with E-state index in [9.17, 15) is 4.79 Å². The van der Waals surface area contributed by atoms with Crippen LogP contribution < -0.4 is 5.32 Å². The Labute approximate surface area is 210 Å². The summed E-state index contributed by atoms with van der Waals surface area (Å²) in [5.74, 6) is 1.39. The Morgan fingerprint density at radius 1 is 0.912 bits per heavy atom. The van der Waals surface area contributed by atoms with E-state index in [4.69, 9.17) is 26.6 Å². The molecule has 34 heavy (non-hydrogen) atoms. The van der Waals surface area contributed by atoms with Gasteiger partial charge < -0.3 is 31.9 Å². The van der Waals surface area contributed by atoms with Crippen molar-refractivity contribution in [3.63, 3.8) is 0 Å². The zero-order valence-corrected chi connectivity index (χ0v) is 24.5. The third-order valence-corrected chi connectivity index (χ3v) is 11.9. The van der Waals surface area contributed by atoms with Crippen molar-refractivity contribution in [2.75, 3.05) is 53.4 Å². The van der Waals surface area contributed by atoms with E-state index in [0.717, 1.165) is 18.2 Å². The summed E-state index contributed by atoms with van der Waals surface area (Å²) >= 11 is 1.51. The Bertz CT molecular complexity index is 685. The molecule has 1 N–H and O–H groups in total. The predicted octanol–water partition coefficient (Wildman–Crippen LogP) is 3.20. The van der Waals surface area contributed by atoms with Crippen molar-refractivity contribution in [1.29, 1.82) is 0 Å². The minimum Gasteiger partial charge on any atom is -0.377 e. The Morgan fingerprint density at radius 3 is 1.97 bits per heavy atom. The highest BCUT2D eigenvalue weighted by molar-refractivity contribution is 7.99. The third-order valence-electron chi connectivity index (χ3n) is 4.98. The van der Waals surface area contributed by atoms with E-state index < -0.39 is 17.6 Å². The quantitative estimate of drug-likeness (QED) is 0.160. The van der Waals surface area contributed by atoms with Crippen LogP contribution in [0.5, 0.6) is 0 Å². The average Bonchev–Trinajstić information content (AvgIpc) is 3.26. The first-order chi connectivity index (χ1) is 16.4. The summed E-state index contributed by atoms with van der Waals surface area (Å²) in [7, 11) is -0.569. The maximum absolute atomic E-state index is 12.7. The fourth-order valence-electron chi connectivity index (χ4n) is 3.36. The Balaban J connectivity index is 2.61. The topological polar surface area (TPSA) is 115 Å². The molecule has 11 nitrogen and oxygen atoms in total. The number of nitrogens with zero attached hydrogens (tertiary/aromatic N) is 3. The molecule has 0 atom stereocenters. The number of nitrogens with one attached hydrogen (secondary N) is 1. The Kier molecular flexibility index (Phi) is 15.4. The van der Waals surface area contributed by atoms with Gasteiger partial charge in [0, 0.05) is 72.0 Å². The highest BCUT2D eigenvalue weighted by atomic mass is 32.2. The monoisotopic (exact) mass is 538 g/mol. The lowest BCUT2D eigenvalue weighted by atomic mass is 10.4. The molecule has 0 aliphatic heterocycles. The number of hydrogen-bond acceptors (Lipinski definition) is 10. The summed E-state index contributed by atoms with van der Waals surface area (Å²) < 4.78 is 35.3. The number of carbonyl (C=O) groups is 1. The molecule has 0 saturated heterocycles. The van der Waals surface area contributed by atoms with Gasteiger partial charge in [-0.05, 0) is 33.6 Å². The molecule has 0 aliphatic carbocycles. The molecule has 0 fully saturated rings. The van der Waals surface area contributed by atoms with E-state index in [1.54, 1.807) is 21.3 Å². The molecular weight excluding hydrogens is 496 g/mol. The van der Waals surface area contributed by atoms with Crippen molar-refractivity contribution in [2.45, 2.75) is 64.2 Å². The zero-order valence-electron chi connectivity index (χ0n) is 21.7. The van der Waals surface area contributed by atoms with Crippen LogP contribution in [0.4, 0.5) is 4.79 Å². The number of aryl methyl sites for hydroxylation is 1. The molecule has 0 aliphatic rings. The van der Waals surface area contributed by atoms with Crippen LogP contribution in [0, 0.1) is 0 Å².